The number of thioether (sulfide) groups is 1. The van der Waals surface area contributed by atoms with Crippen molar-refractivity contribution in [3.05, 3.63) is 306 Å². The summed E-state index contributed by atoms with van der Waals surface area (Å²) in [6, 6.07) is 84.3. The van der Waals surface area contributed by atoms with Crippen LogP contribution in [0, 0.1) is 11.3 Å². The van der Waals surface area contributed by atoms with Crippen LogP contribution in [0.5, 0.6) is 0 Å². The molecule has 0 saturated heterocycles. The molecule has 0 saturated carbocycles. The minimum atomic E-state index is -0.120. The van der Waals surface area contributed by atoms with E-state index in [1.165, 1.54) is 124 Å². The highest BCUT2D eigenvalue weighted by Crippen LogP contribution is 2.39. The lowest BCUT2D eigenvalue weighted by Gasteiger charge is -2.34. The minimum Gasteiger partial charge on any atom is -0.355 e. The number of thiol groups is 1. The van der Waals surface area contributed by atoms with Crippen molar-refractivity contribution in [2.75, 3.05) is 52.8 Å². The monoisotopic (exact) mass is 1860 g/mol. The predicted molar refractivity (Wildman–Crippen MR) is 577 cm³/mol. The van der Waals surface area contributed by atoms with E-state index in [0.29, 0.717) is 12.3 Å². The number of rotatable bonds is 11. The van der Waals surface area contributed by atoms with Crippen LogP contribution >= 0.6 is 115 Å². The number of alkyl halides is 1. The molecule has 9 aromatic carbocycles. The number of thiophene rings is 7. The van der Waals surface area contributed by atoms with Crippen molar-refractivity contribution in [1.29, 1.82) is 5.26 Å². The molecule has 0 amide bonds. The number of nitrogens with two attached hydrogens (primary N) is 1. The number of hydrogen-bond acceptors (Lipinski definition) is 16. The van der Waals surface area contributed by atoms with E-state index in [4.69, 9.17) is 32.1 Å². The lowest BCUT2D eigenvalue weighted by atomic mass is 10.0. The Hall–Kier alpha value is -7.06. The SMILES string of the molecule is C.C.CC.CC.CC.CC.CC.CC.CC.CC.CC.COC(CSc1ccccc1)OC.ClCc1csc2ccccc12.N#CCc1csc2ccccc12.NCCc1csc2ccccc12.Sc1ccccc1.c1ccc2c3c(sc2c1)CN(CN1CCc2c(sc4ccccc24)C1)CC3.c1ccc2c3c(sc2c1)CNCC3.c1ccc2sccc2c1. The Morgan fingerprint density at radius 3 is 1.21 bits per heavy atom. The minimum absolute atomic E-state index is 0. The van der Waals surface area contributed by atoms with Crippen molar-refractivity contribution in [3.8, 4) is 6.07 Å². The Morgan fingerprint density at radius 1 is 0.435 bits per heavy atom. The van der Waals surface area contributed by atoms with E-state index in [1.54, 1.807) is 97.8 Å². The van der Waals surface area contributed by atoms with Crippen molar-refractivity contribution >= 4 is 186 Å². The summed E-state index contributed by atoms with van der Waals surface area (Å²) in [4.78, 5) is 12.3. The van der Waals surface area contributed by atoms with Crippen molar-refractivity contribution in [2.24, 2.45) is 5.73 Å². The smallest absolute Gasteiger partial charge is 0.166 e. The quantitative estimate of drug-likeness (QED) is 0.0511. The third-order valence-electron chi connectivity index (χ3n) is 18.0. The number of fused-ring (bicyclic) bond motifs is 13. The molecule has 3 aliphatic rings. The molecule has 0 unspecified atom stereocenters. The van der Waals surface area contributed by atoms with Crippen molar-refractivity contribution in [1.82, 2.24) is 15.1 Å². The van der Waals surface area contributed by atoms with Crippen LogP contribution in [0.3, 0.4) is 0 Å². The largest absolute Gasteiger partial charge is 0.355 e. The first-order valence-corrected chi connectivity index (χ1v) is 51.7. The number of nitrogens with zero attached hydrogens (tertiary/aromatic N) is 3. The number of nitriles is 1. The van der Waals surface area contributed by atoms with Gasteiger partial charge in [-0.25, -0.2) is 0 Å². The molecule has 10 heterocycles. The Morgan fingerprint density at radius 2 is 0.798 bits per heavy atom. The third kappa shape index (κ3) is 37.0. The van der Waals surface area contributed by atoms with Crippen molar-refractivity contribution in [2.45, 2.75) is 213 Å². The maximum absolute atomic E-state index is 8.55. The van der Waals surface area contributed by atoms with Gasteiger partial charge in [0.1, 0.15) is 0 Å². The fourth-order valence-electron chi connectivity index (χ4n) is 12.7. The Bertz CT molecular complexity index is 5200. The van der Waals surface area contributed by atoms with Gasteiger partial charge in [0.05, 0.1) is 19.2 Å². The van der Waals surface area contributed by atoms with Crippen molar-refractivity contribution in [3.63, 3.8) is 0 Å². The average Bonchev–Trinajstić information content (AvgIpc) is 1.64. The molecule has 0 aliphatic carbocycles. The summed E-state index contributed by atoms with van der Waals surface area (Å²) >= 11 is 24.5. The second kappa shape index (κ2) is 70.9. The second-order valence-corrected chi connectivity index (χ2v) is 33.7. The van der Waals surface area contributed by atoms with E-state index >= 15 is 0 Å². The Labute approximate surface area is 792 Å². The average molecular weight is 1860 g/mol. The molecule has 124 heavy (non-hydrogen) atoms. The summed E-state index contributed by atoms with van der Waals surface area (Å²) in [5.41, 5.74) is 14.1. The topological polar surface area (TPSA) is 86.8 Å². The summed E-state index contributed by atoms with van der Waals surface area (Å²) < 4.78 is 19.8. The molecule has 0 fully saturated rings. The van der Waals surface area contributed by atoms with Gasteiger partial charge in [-0.3, -0.25) is 9.80 Å². The van der Waals surface area contributed by atoms with Crippen molar-refractivity contribution < 1.29 is 9.47 Å². The van der Waals surface area contributed by atoms with Crippen LogP contribution in [0.15, 0.2) is 268 Å². The maximum atomic E-state index is 8.55. The zero-order chi connectivity index (χ0) is 89.7. The molecular weight excluding hydrogens is 1710 g/mol. The first-order valence-electron chi connectivity index (χ1n) is 43.8. The summed E-state index contributed by atoms with van der Waals surface area (Å²) in [7, 11) is 3.30. The molecule has 19 rings (SSSR count). The molecule has 0 spiro atoms. The molecule has 0 radical (unpaired) electrons. The van der Waals surface area contributed by atoms with Gasteiger partial charge in [-0.1, -0.05) is 303 Å². The molecule has 16 aromatic rings. The van der Waals surface area contributed by atoms with E-state index in [0.717, 1.165) is 62.0 Å². The maximum Gasteiger partial charge on any atom is 0.166 e. The Balaban J connectivity index is 0.000000707. The summed E-state index contributed by atoms with van der Waals surface area (Å²) in [5, 5.41) is 30.2. The van der Waals surface area contributed by atoms with E-state index in [1.807, 2.05) is 225 Å². The van der Waals surface area contributed by atoms with E-state index in [9.17, 15) is 0 Å². The molecule has 7 nitrogen and oxygen atoms in total. The molecule has 3 aliphatic heterocycles. The number of halogens is 1. The molecule has 672 valence electrons. The van der Waals surface area contributed by atoms with Gasteiger partial charge in [0.15, 0.2) is 6.29 Å². The van der Waals surface area contributed by atoms with Gasteiger partial charge in [-0.15, -0.1) is 115 Å². The van der Waals surface area contributed by atoms with Crippen LogP contribution in [0.25, 0.3) is 70.6 Å². The zero-order valence-corrected chi connectivity index (χ0v) is 84.5. The second-order valence-electron chi connectivity index (χ2n) is 24.8. The summed E-state index contributed by atoms with van der Waals surface area (Å²) in [5.74, 6) is 1.43. The summed E-state index contributed by atoms with van der Waals surface area (Å²) in [6.07, 6.45) is 4.97. The number of benzene rings is 9. The number of nitrogens with one attached hydrogen (secondary N) is 1. The van der Waals surface area contributed by atoms with Gasteiger partial charge in [-0.05, 0) is 204 Å². The van der Waals surface area contributed by atoms with E-state index < -0.39 is 0 Å². The van der Waals surface area contributed by atoms with Gasteiger partial charge in [0, 0.05) is 116 Å². The molecule has 7 aromatic heterocycles. The van der Waals surface area contributed by atoms with Crippen LogP contribution < -0.4 is 11.1 Å². The highest BCUT2D eigenvalue weighted by molar-refractivity contribution is 7.99. The fraction of sp³-hybridized carbons (Fsp3) is 0.355. The molecular formula is C107H146ClN5O2S9. The van der Waals surface area contributed by atoms with Crippen LogP contribution in [-0.4, -0.2) is 68.9 Å². The lowest BCUT2D eigenvalue weighted by molar-refractivity contribution is -0.0842. The number of hydrogen-bond donors (Lipinski definition) is 3. The van der Waals surface area contributed by atoms with Gasteiger partial charge in [0.25, 0.3) is 0 Å². The molecule has 0 bridgehead atoms. The first kappa shape index (κ1) is 115. The fourth-order valence-corrected chi connectivity index (χ4v) is 21.7. The Kier molecular flexibility index (Phi) is 65.8. The van der Waals surface area contributed by atoms with Gasteiger partial charge in [-0.2, -0.15) is 5.26 Å². The standard InChI is InChI=1S/C23H22N2S2.C11H11NS.C10H11NS.C10H7NS.C10H14O2S.C9H7ClS.C8H6S.C6H6S.9C2H6.2CH4/c1-3-7-20-16(5-1)18-9-11-24(13-22(18)26-20)15-25-12-10-19-17-6-2-4-8-21(17)27-23(19)14-25;1-2-4-10-8(3-1)9-5-6-12-7-11(9)13-10;2*11-6-5-8-7-12-10-4-2-1-3-9(8)10;1-11-10(12-2)8-13-9-6-4-3-5-7-9;10-5-7-6-11-9-4-2-1-3-8(7)9;1-2-4-8-7(3-1)5-6-9-8;7-6-4-2-1-3-5-6;9*1-2;;/h1-8H,9-15H2;1-4,12H,5-7H2;1-4,7H,5-6,11H2;1-4,7H,5H2;3-7,10H,8H2,1-2H3;1-4,6H,5H2;1-6H;1-5,7H;9*1-2H3;2*1H4. The molecule has 3 N–H and O–H groups in total. The normalized spacial score (nSPS) is 11.3. The van der Waals surface area contributed by atoms with E-state index in [2.05, 4.69) is 225 Å². The highest BCUT2D eigenvalue weighted by Gasteiger charge is 2.26. The highest BCUT2D eigenvalue weighted by atomic mass is 35.5. The van der Waals surface area contributed by atoms with Crippen LogP contribution in [0.1, 0.15) is 187 Å². The summed E-state index contributed by atoms with van der Waals surface area (Å²) in [6.45, 7) is 44.6. The zero-order valence-electron chi connectivity index (χ0n) is 76.3. The third-order valence-corrected chi connectivity index (χ3v) is 27.1. The van der Waals surface area contributed by atoms with E-state index in [-0.39, 0.29) is 21.1 Å². The first-order chi connectivity index (χ1) is 60.3. The van der Waals surface area contributed by atoms with Gasteiger partial charge in [0.2, 0.25) is 0 Å². The predicted octanol–water partition coefficient (Wildman–Crippen LogP) is 34.8. The van der Waals surface area contributed by atoms with Crippen LogP contribution in [-0.2, 0) is 67.1 Å². The number of ether oxygens (including phenoxy) is 2. The van der Waals surface area contributed by atoms with Gasteiger partial charge < -0.3 is 20.5 Å². The van der Waals surface area contributed by atoms with Gasteiger partial charge >= 0.3 is 0 Å². The molecule has 17 heteroatoms. The molecule has 0 atom stereocenters. The van der Waals surface area contributed by atoms with Crippen LogP contribution in [0.4, 0.5) is 0 Å². The lowest BCUT2D eigenvalue weighted by Crippen LogP contribution is -2.42. The van der Waals surface area contributed by atoms with Crippen LogP contribution in [0.2, 0.25) is 0 Å². The number of methoxy groups -OCH3 is 2.